The summed E-state index contributed by atoms with van der Waals surface area (Å²) < 4.78 is 16.0. The SMILES string of the molecule is CCCCOCCOc1nc(Cl)nc(OCCC)n1. The molecule has 1 aromatic rings. The Morgan fingerprint density at radius 1 is 0.842 bits per heavy atom. The van der Waals surface area contributed by atoms with Gasteiger partial charge in [-0.15, -0.1) is 4.98 Å². The fourth-order valence-electron chi connectivity index (χ4n) is 1.18. The standard InChI is InChI=1S/C12H20ClN3O3/c1-3-5-7-17-8-9-19-12-15-10(13)14-11(16-12)18-6-4-2/h3-9H2,1-2H3. The van der Waals surface area contributed by atoms with Gasteiger partial charge in [0.25, 0.3) is 0 Å². The van der Waals surface area contributed by atoms with Crippen LogP contribution in [0.2, 0.25) is 5.28 Å². The van der Waals surface area contributed by atoms with Crippen LogP contribution in [0.5, 0.6) is 12.0 Å². The quantitative estimate of drug-likeness (QED) is 0.617. The first kappa shape index (κ1) is 15.9. The summed E-state index contributed by atoms with van der Waals surface area (Å²) in [4.78, 5) is 11.7. The summed E-state index contributed by atoms with van der Waals surface area (Å²) in [7, 11) is 0. The van der Waals surface area contributed by atoms with Crippen molar-refractivity contribution >= 4 is 11.6 Å². The monoisotopic (exact) mass is 289 g/mol. The summed E-state index contributed by atoms with van der Waals surface area (Å²) in [6.07, 6.45) is 3.03. The molecule has 0 atom stereocenters. The first-order chi connectivity index (χ1) is 9.26. The largest absolute Gasteiger partial charge is 0.463 e. The molecule has 0 aromatic carbocycles. The van der Waals surface area contributed by atoms with E-state index in [1.807, 2.05) is 6.92 Å². The van der Waals surface area contributed by atoms with E-state index in [2.05, 4.69) is 21.9 Å². The van der Waals surface area contributed by atoms with E-state index in [4.69, 9.17) is 25.8 Å². The molecular weight excluding hydrogens is 270 g/mol. The van der Waals surface area contributed by atoms with Gasteiger partial charge in [0.05, 0.1) is 13.2 Å². The van der Waals surface area contributed by atoms with Crippen molar-refractivity contribution in [3.8, 4) is 12.0 Å². The summed E-state index contributed by atoms with van der Waals surface area (Å²) >= 11 is 5.76. The maximum Gasteiger partial charge on any atom is 0.324 e. The summed E-state index contributed by atoms with van der Waals surface area (Å²) in [5.74, 6) is 0. The summed E-state index contributed by atoms with van der Waals surface area (Å²) in [6.45, 7) is 6.24. The molecule has 0 aliphatic rings. The molecule has 0 unspecified atom stereocenters. The van der Waals surface area contributed by atoms with Crippen molar-refractivity contribution in [3.05, 3.63) is 5.28 Å². The highest BCUT2D eigenvalue weighted by atomic mass is 35.5. The number of rotatable bonds is 10. The molecule has 0 radical (unpaired) electrons. The van der Waals surface area contributed by atoms with Crippen LogP contribution in [-0.2, 0) is 4.74 Å². The molecule has 0 amide bonds. The summed E-state index contributed by atoms with van der Waals surface area (Å²) in [6, 6.07) is 0.342. The highest BCUT2D eigenvalue weighted by Gasteiger charge is 2.06. The van der Waals surface area contributed by atoms with Crippen molar-refractivity contribution < 1.29 is 14.2 Å². The molecule has 1 rings (SSSR count). The predicted octanol–water partition coefficient (Wildman–Crippen LogP) is 2.51. The predicted molar refractivity (Wildman–Crippen MR) is 71.8 cm³/mol. The lowest BCUT2D eigenvalue weighted by Gasteiger charge is -2.07. The van der Waals surface area contributed by atoms with Crippen LogP contribution >= 0.6 is 11.6 Å². The van der Waals surface area contributed by atoms with Crippen LogP contribution in [0, 0.1) is 0 Å². The minimum Gasteiger partial charge on any atom is -0.463 e. The highest BCUT2D eigenvalue weighted by Crippen LogP contribution is 2.13. The van der Waals surface area contributed by atoms with Crippen LogP contribution in [0.15, 0.2) is 0 Å². The second kappa shape index (κ2) is 9.75. The van der Waals surface area contributed by atoms with Crippen molar-refractivity contribution in [2.45, 2.75) is 33.1 Å². The lowest BCUT2D eigenvalue weighted by molar-refractivity contribution is 0.0941. The van der Waals surface area contributed by atoms with Gasteiger partial charge in [0.2, 0.25) is 5.28 Å². The molecule has 0 fully saturated rings. The third kappa shape index (κ3) is 7.12. The van der Waals surface area contributed by atoms with Crippen LogP contribution in [0.3, 0.4) is 0 Å². The van der Waals surface area contributed by atoms with E-state index in [0.29, 0.717) is 19.8 Å². The third-order valence-corrected chi connectivity index (χ3v) is 2.27. The number of hydrogen-bond donors (Lipinski definition) is 0. The molecule has 0 bridgehead atoms. The Morgan fingerprint density at radius 2 is 1.53 bits per heavy atom. The Labute approximate surface area is 118 Å². The lowest BCUT2D eigenvalue weighted by Crippen LogP contribution is -2.10. The molecule has 0 N–H and O–H groups in total. The number of hydrogen-bond acceptors (Lipinski definition) is 6. The zero-order chi connectivity index (χ0) is 13.9. The van der Waals surface area contributed by atoms with Crippen molar-refractivity contribution in [1.82, 2.24) is 15.0 Å². The van der Waals surface area contributed by atoms with E-state index in [1.54, 1.807) is 0 Å². The van der Waals surface area contributed by atoms with Gasteiger partial charge in [-0.3, -0.25) is 0 Å². The second-order valence-electron chi connectivity index (χ2n) is 3.83. The fourth-order valence-corrected chi connectivity index (χ4v) is 1.32. The van der Waals surface area contributed by atoms with Crippen molar-refractivity contribution in [1.29, 1.82) is 0 Å². The Morgan fingerprint density at radius 3 is 2.16 bits per heavy atom. The average Bonchev–Trinajstić information content (AvgIpc) is 2.40. The summed E-state index contributed by atoms with van der Waals surface area (Å²) in [5.41, 5.74) is 0. The number of ether oxygens (including phenoxy) is 3. The third-order valence-electron chi connectivity index (χ3n) is 2.10. The van der Waals surface area contributed by atoms with E-state index in [1.165, 1.54) is 0 Å². The van der Waals surface area contributed by atoms with Crippen LogP contribution in [0.1, 0.15) is 33.1 Å². The number of nitrogens with zero attached hydrogens (tertiary/aromatic N) is 3. The van der Waals surface area contributed by atoms with Gasteiger partial charge in [0, 0.05) is 6.61 Å². The van der Waals surface area contributed by atoms with Gasteiger partial charge < -0.3 is 14.2 Å². The van der Waals surface area contributed by atoms with Crippen molar-refractivity contribution in [2.75, 3.05) is 26.4 Å². The zero-order valence-corrected chi connectivity index (χ0v) is 12.2. The average molecular weight is 290 g/mol. The smallest absolute Gasteiger partial charge is 0.324 e. The maximum absolute atomic E-state index is 5.76. The minimum absolute atomic E-state index is 0.0583. The van der Waals surface area contributed by atoms with E-state index in [-0.39, 0.29) is 17.3 Å². The molecule has 6 nitrogen and oxygen atoms in total. The first-order valence-electron chi connectivity index (χ1n) is 6.51. The Kier molecular flexibility index (Phi) is 8.16. The van der Waals surface area contributed by atoms with Crippen molar-refractivity contribution in [2.24, 2.45) is 0 Å². The van der Waals surface area contributed by atoms with E-state index >= 15 is 0 Å². The topological polar surface area (TPSA) is 66.4 Å². The summed E-state index contributed by atoms with van der Waals surface area (Å²) in [5, 5.41) is 0.0583. The van der Waals surface area contributed by atoms with Crippen LogP contribution in [0.4, 0.5) is 0 Å². The molecule has 108 valence electrons. The maximum atomic E-state index is 5.76. The molecule has 1 aromatic heterocycles. The second-order valence-corrected chi connectivity index (χ2v) is 4.17. The molecule has 0 saturated carbocycles. The first-order valence-corrected chi connectivity index (χ1v) is 6.89. The molecule has 0 spiro atoms. The van der Waals surface area contributed by atoms with Gasteiger partial charge in [-0.2, -0.15) is 9.97 Å². The lowest BCUT2D eigenvalue weighted by atomic mass is 10.4. The Bertz CT molecular complexity index is 366. The molecule has 19 heavy (non-hydrogen) atoms. The minimum atomic E-state index is 0.0583. The Hall–Kier alpha value is -1.14. The molecule has 0 aliphatic heterocycles. The van der Waals surface area contributed by atoms with Gasteiger partial charge in [-0.05, 0) is 24.4 Å². The number of aromatic nitrogens is 3. The zero-order valence-electron chi connectivity index (χ0n) is 11.4. The Balaban J connectivity index is 2.34. The normalized spacial score (nSPS) is 10.5. The van der Waals surface area contributed by atoms with Gasteiger partial charge in [-0.25, -0.2) is 0 Å². The van der Waals surface area contributed by atoms with Crippen LogP contribution in [0.25, 0.3) is 0 Å². The van der Waals surface area contributed by atoms with E-state index in [9.17, 15) is 0 Å². The number of unbranched alkanes of at least 4 members (excludes halogenated alkanes) is 1. The van der Waals surface area contributed by atoms with E-state index in [0.717, 1.165) is 25.9 Å². The van der Waals surface area contributed by atoms with E-state index < -0.39 is 0 Å². The van der Waals surface area contributed by atoms with Gasteiger partial charge in [0.15, 0.2) is 0 Å². The molecular formula is C12H20ClN3O3. The fraction of sp³-hybridized carbons (Fsp3) is 0.750. The van der Waals surface area contributed by atoms with Crippen LogP contribution < -0.4 is 9.47 Å². The van der Waals surface area contributed by atoms with Gasteiger partial charge in [-0.1, -0.05) is 20.3 Å². The molecule has 1 heterocycles. The number of halogens is 1. The van der Waals surface area contributed by atoms with Gasteiger partial charge in [0.1, 0.15) is 6.61 Å². The molecule has 7 heteroatoms. The highest BCUT2D eigenvalue weighted by molar-refractivity contribution is 6.28. The molecule has 0 saturated heterocycles. The van der Waals surface area contributed by atoms with Crippen LogP contribution in [-0.4, -0.2) is 41.4 Å². The van der Waals surface area contributed by atoms with Crippen molar-refractivity contribution in [3.63, 3.8) is 0 Å². The van der Waals surface area contributed by atoms with Gasteiger partial charge >= 0.3 is 12.0 Å². The molecule has 0 aliphatic carbocycles.